The minimum absolute atomic E-state index is 0. The highest BCUT2D eigenvalue weighted by molar-refractivity contribution is 5.72. The van der Waals surface area contributed by atoms with Gasteiger partial charge in [0.1, 0.15) is 5.60 Å². The van der Waals surface area contributed by atoms with E-state index in [2.05, 4.69) is 47.4 Å². The number of nitrogens with zero attached hydrogens (tertiary/aromatic N) is 2. The number of aliphatic hydroxyl groups is 1. The smallest absolute Gasteiger partial charge is 0.262 e. The average Bonchev–Trinajstić information content (AvgIpc) is 3.21. The summed E-state index contributed by atoms with van der Waals surface area (Å²) in [6.45, 7) is 3.50. The first kappa shape index (κ1) is 29.9. The van der Waals surface area contributed by atoms with Gasteiger partial charge in [0.05, 0.1) is 20.1 Å². The van der Waals surface area contributed by atoms with Crippen molar-refractivity contribution < 1.29 is 26.8 Å². The zero-order valence-corrected chi connectivity index (χ0v) is 23.7. The predicted octanol–water partition coefficient (Wildman–Crippen LogP) is 4.06. The third-order valence-corrected chi connectivity index (χ3v) is 7.51. The van der Waals surface area contributed by atoms with Crippen LogP contribution in [0.5, 0.6) is 0 Å². The summed E-state index contributed by atoms with van der Waals surface area (Å²) in [4.78, 5) is 0. The number of aryl methyl sites for hydroxylation is 1. The summed E-state index contributed by atoms with van der Waals surface area (Å²) in [7, 11) is 2.09. The fourth-order valence-corrected chi connectivity index (χ4v) is 5.31. The van der Waals surface area contributed by atoms with Crippen LogP contribution < -0.4 is 17.0 Å². The molecule has 0 amide bonds. The summed E-state index contributed by atoms with van der Waals surface area (Å²) in [5.41, 5.74) is 2.87. The van der Waals surface area contributed by atoms with Crippen molar-refractivity contribution in [2.24, 2.45) is 7.05 Å². The standard InChI is InChI=1S/C33H43N2O2.ClH/c1-3-4-5-6-7-8-9-18-25-37-27-35-31-24-17-16-23-30(31)34(2)32(35)26-33(36,28-19-12-10-13-20-28)29-21-14-11-15-22-29;/h10-17,19-24,36H,3-9,18,25-27H2,1-2H3;1H/q+1;/p-1. The van der Waals surface area contributed by atoms with Crippen molar-refractivity contribution in [3.8, 4) is 0 Å². The van der Waals surface area contributed by atoms with E-state index in [0.717, 1.165) is 41.0 Å². The lowest BCUT2D eigenvalue weighted by Crippen LogP contribution is -3.00. The molecule has 1 aromatic heterocycles. The molecule has 0 radical (unpaired) electrons. The average molecular weight is 535 g/mol. The van der Waals surface area contributed by atoms with E-state index in [4.69, 9.17) is 4.74 Å². The summed E-state index contributed by atoms with van der Waals surface area (Å²) in [5, 5.41) is 12.3. The maximum Gasteiger partial charge on any atom is 0.262 e. The lowest BCUT2D eigenvalue weighted by Gasteiger charge is -2.28. The molecule has 4 rings (SSSR count). The Morgan fingerprint density at radius 1 is 0.737 bits per heavy atom. The van der Waals surface area contributed by atoms with Crippen LogP contribution in [0.25, 0.3) is 11.0 Å². The lowest BCUT2D eigenvalue weighted by atomic mass is 9.83. The summed E-state index contributed by atoms with van der Waals surface area (Å²) >= 11 is 0. The molecule has 0 bridgehead atoms. The van der Waals surface area contributed by atoms with E-state index in [1.807, 2.05) is 60.7 Å². The van der Waals surface area contributed by atoms with Crippen LogP contribution in [0.1, 0.15) is 75.2 Å². The van der Waals surface area contributed by atoms with Gasteiger partial charge < -0.3 is 22.3 Å². The van der Waals surface area contributed by atoms with Crippen LogP contribution >= 0.6 is 0 Å². The van der Waals surface area contributed by atoms with E-state index < -0.39 is 5.60 Å². The molecule has 0 spiro atoms. The van der Waals surface area contributed by atoms with Crippen LogP contribution in [0.3, 0.4) is 0 Å². The van der Waals surface area contributed by atoms with Crippen molar-refractivity contribution in [1.29, 1.82) is 0 Å². The van der Waals surface area contributed by atoms with E-state index in [-0.39, 0.29) is 12.4 Å². The topological polar surface area (TPSA) is 38.3 Å². The Kier molecular flexibility index (Phi) is 11.8. The fraction of sp³-hybridized carbons (Fsp3) is 0.424. The van der Waals surface area contributed by atoms with E-state index in [1.54, 1.807) is 0 Å². The maximum absolute atomic E-state index is 12.3. The molecule has 4 aromatic rings. The van der Waals surface area contributed by atoms with E-state index in [1.165, 1.54) is 44.9 Å². The summed E-state index contributed by atoms with van der Waals surface area (Å²) < 4.78 is 10.7. The van der Waals surface area contributed by atoms with Crippen LogP contribution in [0.15, 0.2) is 84.9 Å². The molecule has 4 nitrogen and oxygen atoms in total. The Morgan fingerprint density at radius 3 is 1.87 bits per heavy atom. The van der Waals surface area contributed by atoms with Crippen molar-refractivity contribution in [2.45, 2.75) is 77.0 Å². The number of unbranched alkanes of at least 4 members (excludes halogenated alkanes) is 7. The SMILES string of the molecule is CCCCCCCCCCOCn1c(CC(O)(c2ccccc2)c2ccccc2)[n+](C)c2ccccc21.[Cl-]. The quantitative estimate of drug-likeness (QED) is 0.184. The molecule has 38 heavy (non-hydrogen) atoms. The lowest BCUT2D eigenvalue weighted by molar-refractivity contribution is -0.655. The number of hydrogen-bond donors (Lipinski definition) is 1. The second-order valence-corrected chi connectivity index (χ2v) is 10.2. The highest BCUT2D eigenvalue weighted by Crippen LogP contribution is 2.33. The summed E-state index contributed by atoms with van der Waals surface area (Å²) in [6, 6.07) is 28.4. The van der Waals surface area contributed by atoms with E-state index >= 15 is 0 Å². The van der Waals surface area contributed by atoms with Crippen LogP contribution in [0.2, 0.25) is 0 Å². The molecule has 0 unspecified atom stereocenters. The molecular weight excluding hydrogens is 492 g/mol. The van der Waals surface area contributed by atoms with Crippen LogP contribution in [-0.4, -0.2) is 16.3 Å². The van der Waals surface area contributed by atoms with Crippen molar-refractivity contribution >= 4 is 11.0 Å². The highest BCUT2D eigenvalue weighted by Gasteiger charge is 2.37. The first-order valence-corrected chi connectivity index (χ1v) is 14.0. The number of ether oxygens (including phenoxy) is 1. The van der Waals surface area contributed by atoms with Gasteiger partial charge in [-0.15, -0.1) is 0 Å². The molecular formula is C33H43ClN2O2. The second-order valence-electron chi connectivity index (χ2n) is 10.2. The normalized spacial score (nSPS) is 11.6. The Bertz CT molecular complexity index is 1180. The van der Waals surface area contributed by atoms with Gasteiger partial charge in [-0.05, 0) is 29.7 Å². The van der Waals surface area contributed by atoms with Gasteiger partial charge in [0, 0.05) is 0 Å². The third-order valence-electron chi connectivity index (χ3n) is 7.51. The number of fused-ring (bicyclic) bond motifs is 1. The van der Waals surface area contributed by atoms with Gasteiger partial charge in [-0.2, -0.15) is 0 Å². The number of rotatable bonds is 15. The fourth-order valence-electron chi connectivity index (χ4n) is 5.31. The highest BCUT2D eigenvalue weighted by atomic mass is 35.5. The maximum atomic E-state index is 12.3. The van der Waals surface area contributed by atoms with Crippen molar-refractivity contribution in [2.75, 3.05) is 6.61 Å². The molecule has 0 saturated carbocycles. The van der Waals surface area contributed by atoms with Gasteiger partial charge in [-0.1, -0.05) is 125 Å². The number of para-hydroxylation sites is 2. The predicted molar refractivity (Wildman–Crippen MR) is 151 cm³/mol. The first-order chi connectivity index (χ1) is 18.1. The minimum Gasteiger partial charge on any atom is -1.00 e. The number of hydrogen-bond acceptors (Lipinski definition) is 2. The first-order valence-electron chi connectivity index (χ1n) is 14.0. The van der Waals surface area contributed by atoms with Gasteiger partial charge in [0.25, 0.3) is 5.82 Å². The van der Waals surface area contributed by atoms with Crippen molar-refractivity contribution in [3.63, 3.8) is 0 Å². The van der Waals surface area contributed by atoms with E-state index in [0.29, 0.717) is 13.2 Å². The second kappa shape index (κ2) is 15.1. The molecule has 1 heterocycles. The number of aromatic nitrogens is 2. The molecule has 3 aromatic carbocycles. The van der Waals surface area contributed by atoms with Crippen LogP contribution in [-0.2, 0) is 30.5 Å². The van der Waals surface area contributed by atoms with Gasteiger partial charge in [-0.3, -0.25) is 0 Å². The molecule has 0 saturated heterocycles. The molecule has 1 N–H and O–H groups in total. The van der Waals surface area contributed by atoms with Crippen LogP contribution in [0.4, 0.5) is 0 Å². The Morgan fingerprint density at radius 2 is 1.26 bits per heavy atom. The molecule has 5 heteroatoms. The number of imidazole rings is 1. The van der Waals surface area contributed by atoms with Crippen molar-refractivity contribution in [3.05, 3.63) is 102 Å². The van der Waals surface area contributed by atoms with E-state index in [9.17, 15) is 5.11 Å². The van der Waals surface area contributed by atoms with Gasteiger partial charge in [0.15, 0.2) is 17.8 Å². The molecule has 0 aliphatic rings. The summed E-state index contributed by atoms with van der Waals surface area (Å²) in [6.07, 6.45) is 10.8. The largest absolute Gasteiger partial charge is 1.00 e. The minimum atomic E-state index is -1.16. The van der Waals surface area contributed by atoms with Crippen LogP contribution in [0, 0.1) is 0 Å². The Labute approximate surface area is 234 Å². The van der Waals surface area contributed by atoms with Gasteiger partial charge >= 0.3 is 0 Å². The monoisotopic (exact) mass is 534 g/mol. The van der Waals surface area contributed by atoms with Gasteiger partial charge in [0.2, 0.25) is 0 Å². The number of halogens is 1. The third kappa shape index (κ3) is 7.25. The molecule has 0 atom stereocenters. The molecule has 204 valence electrons. The Balaban J connectivity index is 0.00000400. The summed E-state index contributed by atoms with van der Waals surface area (Å²) in [5.74, 6) is 1.03. The number of benzene rings is 3. The van der Waals surface area contributed by atoms with Crippen molar-refractivity contribution in [1.82, 2.24) is 4.57 Å². The molecule has 0 aliphatic heterocycles. The van der Waals surface area contributed by atoms with Gasteiger partial charge in [-0.25, -0.2) is 9.13 Å². The zero-order valence-electron chi connectivity index (χ0n) is 23.0. The molecule has 0 fully saturated rings. The zero-order chi connectivity index (χ0) is 25.9. The molecule has 0 aliphatic carbocycles. The Hall–Kier alpha value is -2.66.